The highest BCUT2D eigenvalue weighted by molar-refractivity contribution is 6.01. The third-order valence-electron chi connectivity index (χ3n) is 4.45. The van der Waals surface area contributed by atoms with Crippen LogP contribution in [0.1, 0.15) is 17.5 Å². The summed E-state index contributed by atoms with van der Waals surface area (Å²) >= 11 is 0. The molecule has 0 spiro atoms. The molecule has 3 aromatic rings. The molecule has 0 aliphatic carbocycles. The van der Waals surface area contributed by atoms with E-state index in [0.29, 0.717) is 5.69 Å². The van der Waals surface area contributed by atoms with Gasteiger partial charge in [0.1, 0.15) is 5.41 Å². The van der Waals surface area contributed by atoms with Gasteiger partial charge in [0.05, 0.1) is 13.5 Å². The molecule has 1 N–H and O–H groups in total. The van der Waals surface area contributed by atoms with Gasteiger partial charge in [0.15, 0.2) is 0 Å². The van der Waals surface area contributed by atoms with E-state index in [-0.39, 0.29) is 17.1 Å². The van der Waals surface area contributed by atoms with Crippen LogP contribution in [0.5, 0.6) is 6.01 Å². The second-order valence-electron chi connectivity index (χ2n) is 6.34. The Morgan fingerprint density at radius 2 is 1.48 bits per heavy atom. The zero-order valence-corrected chi connectivity index (χ0v) is 15.5. The van der Waals surface area contributed by atoms with Crippen LogP contribution in [0.15, 0.2) is 73.1 Å². The van der Waals surface area contributed by atoms with Crippen molar-refractivity contribution in [2.75, 3.05) is 12.4 Å². The van der Waals surface area contributed by atoms with Crippen LogP contribution in [0.3, 0.4) is 0 Å². The van der Waals surface area contributed by atoms with Crippen molar-refractivity contribution in [3.05, 3.63) is 84.2 Å². The summed E-state index contributed by atoms with van der Waals surface area (Å²) in [4.78, 5) is 21.2. The maximum atomic E-state index is 13.7. The van der Waals surface area contributed by atoms with Gasteiger partial charge >= 0.3 is 12.2 Å². The molecule has 3 rings (SSSR count). The number of anilines is 1. The lowest BCUT2D eigenvalue weighted by Crippen LogP contribution is -2.45. The number of rotatable bonds is 6. The summed E-state index contributed by atoms with van der Waals surface area (Å²) in [5.74, 6) is -0.832. The van der Waals surface area contributed by atoms with Gasteiger partial charge in [0.25, 0.3) is 0 Å². The maximum absolute atomic E-state index is 13.7. The predicted octanol–water partition coefficient (Wildman–Crippen LogP) is 4.36. The maximum Gasteiger partial charge on any atom is 0.390 e. The van der Waals surface area contributed by atoms with Gasteiger partial charge in [-0.3, -0.25) is 4.79 Å². The van der Waals surface area contributed by atoms with Crippen LogP contribution < -0.4 is 10.1 Å². The quantitative estimate of drug-likeness (QED) is 0.667. The van der Waals surface area contributed by atoms with Gasteiger partial charge in [-0.15, -0.1) is 0 Å². The number of methoxy groups -OCH3 is 1. The standard InChI is InChI=1S/C21H18F3N3O2/c1-29-19-25-12-16(13-26-19)20(14-21(22,23)24,15-8-4-2-5-9-15)18(28)27-17-10-6-3-7-11-17/h2-13H,14H2,1H3,(H,27,28)/t20-/m0/s1. The summed E-state index contributed by atoms with van der Waals surface area (Å²) in [5.41, 5.74) is -1.51. The molecule has 150 valence electrons. The normalized spacial score (nSPS) is 13.4. The highest BCUT2D eigenvalue weighted by atomic mass is 19.4. The number of nitrogens with zero attached hydrogens (tertiary/aromatic N) is 2. The number of alkyl halides is 3. The summed E-state index contributed by atoms with van der Waals surface area (Å²) < 4.78 is 46.1. The summed E-state index contributed by atoms with van der Waals surface area (Å²) in [7, 11) is 1.34. The molecule has 1 heterocycles. The number of carbonyl (C=O) groups excluding carboxylic acids is 1. The lowest BCUT2D eigenvalue weighted by Gasteiger charge is -2.34. The Kier molecular flexibility index (Phi) is 5.81. The number of hydrogen-bond donors (Lipinski definition) is 1. The Morgan fingerprint density at radius 1 is 0.931 bits per heavy atom. The van der Waals surface area contributed by atoms with Gasteiger partial charge in [0.2, 0.25) is 5.91 Å². The van der Waals surface area contributed by atoms with E-state index < -0.39 is 23.9 Å². The van der Waals surface area contributed by atoms with Gasteiger partial charge in [-0.2, -0.15) is 13.2 Å². The van der Waals surface area contributed by atoms with E-state index in [4.69, 9.17) is 4.74 Å². The van der Waals surface area contributed by atoms with Crippen LogP contribution in [-0.4, -0.2) is 29.2 Å². The van der Waals surface area contributed by atoms with Crippen LogP contribution in [0.4, 0.5) is 18.9 Å². The minimum Gasteiger partial charge on any atom is -0.467 e. The van der Waals surface area contributed by atoms with Crippen LogP contribution in [-0.2, 0) is 10.2 Å². The number of halogens is 3. The fourth-order valence-electron chi connectivity index (χ4n) is 3.14. The summed E-state index contributed by atoms with van der Waals surface area (Å²) in [6.45, 7) is 0. The number of aromatic nitrogens is 2. The van der Waals surface area contributed by atoms with Crippen molar-refractivity contribution in [1.29, 1.82) is 0 Å². The molecule has 1 atom stereocenters. The van der Waals surface area contributed by atoms with E-state index in [9.17, 15) is 18.0 Å². The molecule has 0 unspecified atom stereocenters. The molecular weight excluding hydrogens is 383 g/mol. The fraction of sp³-hybridized carbons (Fsp3) is 0.190. The fourth-order valence-corrected chi connectivity index (χ4v) is 3.14. The molecule has 8 heteroatoms. The Bertz CT molecular complexity index is 948. The van der Waals surface area contributed by atoms with E-state index in [1.165, 1.54) is 31.6 Å². The second kappa shape index (κ2) is 8.30. The van der Waals surface area contributed by atoms with E-state index in [1.807, 2.05) is 0 Å². The number of ether oxygens (including phenoxy) is 1. The van der Waals surface area contributed by atoms with Crippen molar-refractivity contribution in [2.45, 2.75) is 18.0 Å². The number of carbonyl (C=O) groups is 1. The van der Waals surface area contributed by atoms with Gasteiger partial charge in [-0.05, 0) is 17.7 Å². The molecule has 29 heavy (non-hydrogen) atoms. The van der Waals surface area contributed by atoms with Crippen molar-refractivity contribution in [1.82, 2.24) is 9.97 Å². The molecule has 2 aromatic carbocycles. The van der Waals surface area contributed by atoms with Crippen LogP contribution in [0, 0.1) is 0 Å². The molecular formula is C21H18F3N3O2. The average molecular weight is 401 g/mol. The minimum absolute atomic E-state index is 0.00816. The van der Waals surface area contributed by atoms with E-state index in [0.717, 1.165) is 0 Å². The minimum atomic E-state index is -4.64. The third kappa shape index (κ3) is 4.53. The number of benzene rings is 2. The van der Waals surface area contributed by atoms with E-state index in [1.54, 1.807) is 48.5 Å². The molecule has 1 amide bonds. The van der Waals surface area contributed by atoms with Gasteiger partial charge in [-0.25, -0.2) is 9.97 Å². The molecule has 0 fully saturated rings. The van der Waals surface area contributed by atoms with Gasteiger partial charge < -0.3 is 10.1 Å². The first kappa shape index (κ1) is 20.3. The zero-order valence-electron chi connectivity index (χ0n) is 15.5. The predicted molar refractivity (Wildman–Crippen MR) is 102 cm³/mol. The van der Waals surface area contributed by atoms with Crippen molar-refractivity contribution < 1.29 is 22.7 Å². The van der Waals surface area contributed by atoms with Crippen LogP contribution in [0.25, 0.3) is 0 Å². The molecule has 0 aliphatic rings. The van der Waals surface area contributed by atoms with Gasteiger partial charge in [0, 0.05) is 23.6 Å². The van der Waals surface area contributed by atoms with E-state index >= 15 is 0 Å². The van der Waals surface area contributed by atoms with Gasteiger partial charge in [-0.1, -0.05) is 48.5 Å². The lowest BCUT2D eigenvalue weighted by molar-refractivity contribution is -0.153. The number of hydrogen-bond acceptors (Lipinski definition) is 4. The van der Waals surface area contributed by atoms with E-state index in [2.05, 4.69) is 15.3 Å². The largest absolute Gasteiger partial charge is 0.467 e. The first-order valence-corrected chi connectivity index (χ1v) is 8.70. The molecule has 5 nitrogen and oxygen atoms in total. The highest BCUT2D eigenvalue weighted by Crippen LogP contribution is 2.42. The molecule has 0 saturated heterocycles. The molecule has 0 bridgehead atoms. The van der Waals surface area contributed by atoms with Crippen LogP contribution >= 0.6 is 0 Å². The molecule has 1 aromatic heterocycles. The average Bonchev–Trinajstić information content (AvgIpc) is 2.73. The van der Waals surface area contributed by atoms with Crippen molar-refractivity contribution in [3.8, 4) is 6.01 Å². The Labute approximate surface area is 165 Å². The number of para-hydroxylation sites is 1. The summed E-state index contributed by atoms with van der Waals surface area (Å²) in [5, 5.41) is 2.61. The SMILES string of the molecule is COc1ncc([C@@](CC(F)(F)F)(C(=O)Nc2ccccc2)c2ccccc2)cn1. The van der Waals surface area contributed by atoms with Crippen LogP contribution in [0.2, 0.25) is 0 Å². The Morgan fingerprint density at radius 3 is 2.00 bits per heavy atom. The topological polar surface area (TPSA) is 64.1 Å². The number of nitrogens with one attached hydrogen (secondary N) is 1. The van der Waals surface area contributed by atoms with Crippen molar-refractivity contribution in [3.63, 3.8) is 0 Å². The lowest BCUT2D eigenvalue weighted by atomic mass is 9.71. The summed E-state index contributed by atoms with van der Waals surface area (Å²) in [6.07, 6.45) is -3.67. The Balaban J connectivity index is 2.19. The molecule has 0 aliphatic heterocycles. The smallest absolute Gasteiger partial charge is 0.390 e. The molecule has 0 radical (unpaired) electrons. The number of amides is 1. The Hall–Kier alpha value is -3.42. The first-order valence-electron chi connectivity index (χ1n) is 8.70. The van der Waals surface area contributed by atoms with Crippen molar-refractivity contribution in [2.24, 2.45) is 0 Å². The van der Waals surface area contributed by atoms with Crippen molar-refractivity contribution >= 4 is 11.6 Å². The highest BCUT2D eigenvalue weighted by Gasteiger charge is 2.50. The second-order valence-corrected chi connectivity index (χ2v) is 6.34. The third-order valence-corrected chi connectivity index (χ3v) is 4.45. The zero-order chi connectivity index (χ0) is 20.9. The monoisotopic (exact) mass is 401 g/mol. The molecule has 0 saturated carbocycles. The summed E-state index contributed by atoms with van der Waals surface area (Å²) in [6, 6.07) is 16.1. The first-order chi connectivity index (χ1) is 13.8.